The van der Waals surface area contributed by atoms with E-state index in [1.165, 1.54) is 85.1 Å². The number of furan rings is 2. The van der Waals surface area contributed by atoms with E-state index in [9.17, 15) is 0 Å². The van der Waals surface area contributed by atoms with Crippen LogP contribution in [0.4, 0.5) is 17.1 Å². The fraction of sp³-hybridized carbons (Fsp3) is 0.0833. The molecule has 0 radical (unpaired) electrons. The van der Waals surface area contributed by atoms with Crippen molar-refractivity contribution in [1.29, 1.82) is 0 Å². The summed E-state index contributed by atoms with van der Waals surface area (Å²) in [4.78, 5) is 2.53. The molecule has 11 aromatic carbocycles. The van der Waals surface area contributed by atoms with Crippen LogP contribution < -0.4 is 4.90 Å². The van der Waals surface area contributed by atoms with Crippen molar-refractivity contribution in [1.82, 2.24) is 9.13 Å². The molecule has 0 aliphatic heterocycles. The summed E-state index contributed by atoms with van der Waals surface area (Å²) >= 11 is 0. The average molecular weight is 988 g/mol. The Bertz CT molecular complexity index is 4870. The van der Waals surface area contributed by atoms with Crippen molar-refractivity contribution in [3.8, 4) is 33.6 Å². The summed E-state index contributed by atoms with van der Waals surface area (Å²) in [6.45, 7) is 0. The third-order valence-corrected chi connectivity index (χ3v) is 17.5. The van der Waals surface area contributed by atoms with Crippen molar-refractivity contribution in [3.05, 3.63) is 248 Å². The summed E-state index contributed by atoms with van der Waals surface area (Å²) in [7, 11) is 0. The molecule has 4 heterocycles. The molecule has 17 rings (SSSR count). The Kier molecular flexibility index (Phi) is 9.00. The molecule has 1 saturated carbocycles. The van der Waals surface area contributed by atoms with E-state index in [4.69, 9.17) is 8.83 Å². The van der Waals surface area contributed by atoms with Crippen molar-refractivity contribution < 1.29 is 8.83 Å². The van der Waals surface area contributed by atoms with E-state index in [-0.39, 0.29) is 5.41 Å². The first-order chi connectivity index (χ1) is 38.2. The molecule has 0 atom stereocenters. The van der Waals surface area contributed by atoms with Gasteiger partial charge in [0.2, 0.25) is 0 Å². The molecule has 1 spiro atoms. The Morgan fingerprint density at radius 2 is 0.805 bits per heavy atom. The lowest BCUT2D eigenvalue weighted by Gasteiger charge is -2.36. The molecule has 77 heavy (non-hydrogen) atoms. The molecule has 15 aromatic rings. The van der Waals surface area contributed by atoms with Crippen LogP contribution in [0.1, 0.15) is 43.2 Å². The predicted molar refractivity (Wildman–Crippen MR) is 319 cm³/mol. The fourth-order valence-electron chi connectivity index (χ4n) is 14.3. The van der Waals surface area contributed by atoms with Crippen molar-refractivity contribution >= 4 is 105 Å². The van der Waals surface area contributed by atoms with Gasteiger partial charge in [-0.15, -0.1) is 0 Å². The minimum Gasteiger partial charge on any atom is -0.456 e. The van der Waals surface area contributed by atoms with Gasteiger partial charge in [0.15, 0.2) is 0 Å². The molecular weight excluding hydrogens is 939 g/mol. The third-order valence-electron chi connectivity index (χ3n) is 17.5. The van der Waals surface area contributed by atoms with Crippen LogP contribution in [-0.2, 0) is 5.41 Å². The molecule has 0 amide bonds. The zero-order valence-electron chi connectivity index (χ0n) is 42.2. The molecule has 0 saturated heterocycles. The van der Waals surface area contributed by atoms with Gasteiger partial charge in [-0.05, 0) is 144 Å². The van der Waals surface area contributed by atoms with Crippen molar-refractivity contribution in [2.24, 2.45) is 0 Å². The second-order valence-corrected chi connectivity index (χ2v) is 21.4. The molecule has 2 aliphatic carbocycles. The summed E-state index contributed by atoms with van der Waals surface area (Å²) < 4.78 is 18.3. The lowest BCUT2D eigenvalue weighted by molar-refractivity contribution is 0.353. The number of anilines is 3. The van der Waals surface area contributed by atoms with Crippen LogP contribution in [0.25, 0.3) is 121 Å². The molecule has 0 N–H and O–H groups in total. The van der Waals surface area contributed by atoms with Crippen LogP contribution in [-0.4, -0.2) is 9.13 Å². The van der Waals surface area contributed by atoms with Gasteiger partial charge in [-0.2, -0.15) is 0 Å². The highest BCUT2D eigenvalue weighted by Crippen LogP contribution is 2.60. The molecule has 4 aromatic heterocycles. The molecule has 2 aliphatic rings. The topological polar surface area (TPSA) is 39.4 Å². The van der Waals surface area contributed by atoms with Gasteiger partial charge in [0, 0.05) is 54.7 Å². The van der Waals surface area contributed by atoms with E-state index < -0.39 is 0 Å². The van der Waals surface area contributed by atoms with Crippen LogP contribution in [0, 0.1) is 0 Å². The van der Waals surface area contributed by atoms with E-state index in [0.29, 0.717) is 0 Å². The SMILES string of the molecule is c1ccc2c(c1)-c1c(N(c3cccc4oc5ccccc5c34)c3cccc4oc5ccc(-c6ccc7c(c6)c6ccccc6n7-c6ccc(-n7c8ccccc8c8ccccc87)cc6)cc5c34)cccc1C21CCCCC1. The number of rotatable bonds is 6. The highest BCUT2D eigenvalue weighted by Gasteiger charge is 2.45. The smallest absolute Gasteiger partial charge is 0.137 e. The zero-order chi connectivity index (χ0) is 50.3. The van der Waals surface area contributed by atoms with Crippen LogP contribution in [0.5, 0.6) is 0 Å². The Morgan fingerprint density at radius 3 is 1.47 bits per heavy atom. The first-order valence-electron chi connectivity index (χ1n) is 27.2. The molecule has 1 fully saturated rings. The summed E-state index contributed by atoms with van der Waals surface area (Å²) in [5.74, 6) is 0. The van der Waals surface area contributed by atoms with Crippen molar-refractivity contribution in [3.63, 3.8) is 0 Å². The lowest BCUT2D eigenvalue weighted by atomic mass is 9.68. The monoisotopic (exact) mass is 987 g/mol. The largest absolute Gasteiger partial charge is 0.456 e. The first-order valence-corrected chi connectivity index (χ1v) is 27.2. The minimum absolute atomic E-state index is 0.00408. The Labute approximate surface area is 444 Å². The molecule has 5 nitrogen and oxygen atoms in total. The van der Waals surface area contributed by atoms with Gasteiger partial charge in [-0.1, -0.05) is 153 Å². The van der Waals surface area contributed by atoms with Gasteiger partial charge in [0.1, 0.15) is 22.3 Å². The van der Waals surface area contributed by atoms with Crippen LogP contribution in [0.2, 0.25) is 0 Å². The zero-order valence-corrected chi connectivity index (χ0v) is 42.2. The molecule has 5 heteroatoms. The number of para-hydroxylation sites is 4. The Hall–Kier alpha value is -9.58. The Morgan fingerprint density at radius 1 is 0.338 bits per heavy atom. The number of fused-ring (bicyclic) bond motifs is 17. The van der Waals surface area contributed by atoms with E-state index in [1.54, 1.807) is 0 Å². The van der Waals surface area contributed by atoms with Gasteiger partial charge >= 0.3 is 0 Å². The number of nitrogens with zero attached hydrogens (tertiary/aromatic N) is 3. The maximum absolute atomic E-state index is 6.89. The summed E-state index contributed by atoms with van der Waals surface area (Å²) in [5.41, 5.74) is 21.6. The summed E-state index contributed by atoms with van der Waals surface area (Å²) in [6, 6.07) is 86.9. The quantitative estimate of drug-likeness (QED) is 0.167. The maximum Gasteiger partial charge on any atom is 0.137 e. The molecule has 0 unspecified atom stereocenters. The standard InChI is InChI=1S/C72H49N3O2/c1-12-41-72(42-13-1)56-22-7-2-20-52(56)69-57(72)23-14-27-62(69)75(63-28-15-31-67-70(63)53-21-6-11-30-65(53)76-67)64-29-16-32-68-71(64)55-44-46(34-40-66(55)77-68)45-33-39-61-54(43-45)51-19-5-10-26-60(51)74(61)48-37-35-47(36-38-48)73-58-24-8-3-17-49(58)50-18-4-9-25-59(50)73/h2-11,14-40,43-44H,1,12-13,41-42H2. The average Bonchev–Trinajstić information content (AvgIpc) is 4.43. The highest BCUT2D eigenvalue weighted by atomic mass is 16.3. The predicted octanol–water partition coefficient (Wildman–Crippen LogP) is 20.0. The van der Waals surface area contributed by atoms with Crippen LogP contribution >= 0.6 is 0 Å². The van der Waals surface area contributed by atoms with Gasteiger partial charge < -0.3 is 22.9 Å². The van der Waals surface area contributed by atoms with Crippen molar-refractivity contribution in [2.45, 2.75) is 37.5 Å². The first kappa shape index (κ1) is 42.7. The summed E-state index contributed by atoms with van der Waals surface area (Å²) in [5, 5.41) is 9.30. The second kappa shape index (κ2) is 16.2. The minimum atomic E-state index is -0.00408. The van der Waals surface area contributed by atoms with E-state index in [1.807, 2.05) is 0 Å². The van der Waals surface area contributed by atoms with E-state index in [2.05, 4.69) is 251 Å². The number of hydrogen-bond acceptors (Lipinski definition) is 3. The Balaban J connectivity index is 0.841. The van der Waals surface area contributed by atoms with Gasteiger partial charge in [0.25, 0.3) is 0 Å². The molecule has 0 bridgehead atoms. The third kappa shape index (κ3) is 6.05. The fourth-order valence-corrected chi connectivity index (χ4v) is 14.3. The van der Waals surface area contributed by atoms with Crippen LogP contribution in [0.3, 0.4) is 0 Å². The van der Waals surface area contributed by atoms with Gasteiger partial charge in [-0.3, -0.25) is 0 Å². The maximum atomic E-state index is 6.89. The van der Waals surface area contributed by atoms with E-state index >= 15 is 0 Å². The summed E-state index contributed by atoms with van der Waals surface area (Å²) in [6.07, 6.45) is 6.08. The normalized spacial score (nSPS) is 14.1. The second-order valence-electron chi connectivity index (χ2n) is 21.4. The number of aromatic nitrogens is 2. The molecule has 364 valence electrons. The lowest BCUT2D eigenvalue weighted by Crippen LogP contribution is -2.28. The highest BCUT2D eigenvalue weighted by molar-refractivity contribution is 6.19. The van der Waals surface area contributed by atoms with Gasteiger partial charge in [-0.25, -0.2) is 0 Å². The van der Waals surface area contributed by atoms with Crippen LogP contribution in [0.15, 0.2) is 245 Å². The number of hydrogen-bond donors (Lipinski definition) is 0. The molecular formula is C72H49N3O2. The number of benzene rings is 11. The van der Waals surface area contributed by atoms with E-state index in [0.717, 1.165) is 96.3 Å². The van der Waals surface area contributed by atoms with Crippen molar-refractivity contribution in [2.75, 3.05) is 4.90 Å². The van der Waals surface area contributed by atoms with Gasteiger partial charge in [0.05, 0.1) is 49.9 Å².